The highest BCUT2D eigenvalue weighted by atomic mass is 19.2. The number of nitrogens with zero attached hydrogens (tertiary/aromatic N) is 1. The SMILES string of the molecule is CC1CCC(Cc2cccc(F)c2F)(N(C)C)CC1. The molecule has 19 heavy (non-hydrogen) atoms. The smallest absolute Gasteiger partial charge is 0.162 e. The van der Waals surface area contributed by atoms with Crippen LogP contribution in [0, 0.1) is 17.6 Å². The van der Waals surface area contributed by atoms with Gasteiger partial charge in [-0.05, 0) is 63.7 Å². The second kappa shape index (κ2) is 5.58. The van der Waals surface area contributed by atoms with Crippen LogP contribution in [0.5, 0.6) is 0 Å². The molecule has 1 aliphatic rings. The van der Waals surface area contributed by atoms with E-state index in [1.807, 2.05) is 14.1 Å². The minimum Gasteiger partial charge on any atom is -0.303 e. The maximum atomic E-state index is 13.9. The quantitative estimate of drug-likeness (QED) is 0.799. The van der Waals surface area contributed by atoms with Crippen molar-refractivity contribution in [1.29, 1.82) is 0 Å². The van der Waals surface area contributed by atoms with Crippen molar-refractivity contribution in [2.24, 2.45) is 5.92 Å². The lowest BCUT2D eigenvalue weighted by Gasteiger charge is -2.45. The highest BCUT2D eigenvalue weighted by molar-refractivity contribution is 5.22. The Morgan fingerprint density at radius 1 is 1.21 bits per heavy atom. The molecule has 0 spiro atoms. The third kappa shape index (κ3) is 2.97. The summed E-state index contributed by atoms with van der Waals surface area (Å²) in [6.45, 7) is 2.27. The maximum absolute atomic E-state index is 13.9. The number of hydrogen-bond acceptors (Lipinski definition) is 1. The van der Waals surface area contributed by atoms with E-state index in [0.717, 1.165) is 31.6 Å². The van der Waals surface area contributed by atoms with Crippen LogP contribution in [0.2, 0.25) is 0 Å². The Bertz CT molecular complexity index is 434. The van der Waals surface area contributed by atoms with Crippen LogP contribution in [0.4, 0.5) is 8.78 Å². The molecule has 1 saturated carbocycles. The standard InChI is InChI=1S/C16H23F2N/c1-12-7-9-16(10-8-12,19(2)3)11-13-5-4-6-14(17)15(13)18/h4-6,12H,7-11H2,1-3H3. The average molecular weight is 267 g/mol. The number of likely N-dealkylation sites (N-methyl/N-ethyl adjacent to an activating group) is 1. The van der Waals surface area contributed by atoms with Crippen LogP contribution in [0.3, 0.4) is 0 Å². The lowest BCUT2D eigenvalue weighted by Crippen LogP contribution is -2.48. The summed E-state index contributed by atoms with van der Waals surface area (Å²) >= 11 is 0. The molecule has 0 atom stereocenters. The number of halogens is 2. The van der Waals surface area contributed by atoms with Crippen LogP contribution in [0.1, 0.15) is 38.2 Å². The zero-order chi connectivity index (χ0) is 14.0. The van der Waals surface area contributed by atoms with Gasteiger partial charge in [0.15, 0.2) is 11.6 Å². The molecular formula is C16H23F2N. The maximum Gasteiger partial charge on any atom is 0.162 e. The van der Waals surface area contributed by atoms with E-state index in [2.05, 4.69) is 11.8 Å². The molecule has 0 saturated heterocycles. The molecule has 0 amide bonds. The van der Waals surface area contributed by atoms with Gasteiger partial charge >= 0.3 is 0 Å². The van der Waals surface area contributed by atoms with Gasteiger partial charge in [0.2, 0.25) is 0 Å². The fraction of sp³-hybridized carbons (Fsp3) is 0.625. The topological polar surface area (TPSA) is 3.24 Å². The van der Waals surface area contributed by atoms with Crippen LogP contribution in [-0.2, 0) is 6.42 Å². The van der Waals surface area contributed by atoms with E-state index in [9.17, 15) is 8.78 Å². The molecule has 3 heteroatoms. The van der Waals surface area contributed by atoms with Crippen molar-refractivity contribution in [2.45, 2.75) is 44.6 Å². The third-order valence-corrected chi connectivity index (χ3v) is 4.70. The summed E-state index contributed by atoms with van der Waals surface area (Å²) in [6, 6.07) is 4.49. The van der Waals surface area contributed by atoms with Crippen molar-refractivity contribution in [2.75, 3.05) is 14.1 Å². The van der Waals surface area contributed by atoms with Gasteiger partial charge in [-0.15, -0.1) is 0 Å². The molecule has 0 unspecified atom stereocenters. The second-order valence-electron chi connectivity index (χ2n) is 6.19. The molecule has 1 aromatic rings. The fourth-order valence-corrected chi connectivity index (χ4v) is 3.12. The van der Waals surface area contributed by atoms with E-state index in [4.69, 9.17) is 0 Å². The van der Waals surface area contributed by atoms with E-state index in [-0.39, 0.29) is 5.54 Å². The van der Waals surface area contributed by atoms with Gasteiger partial charge in [-0.2, -0.15) is 0 Å². The first-order valence-corrected chi connectivity index (χ1v) is 7.05. The first-order chi connectivity index (χ1) is 8.94. The van der Waals surface area contributed by atoms with E-state index < -0.39 is 11.6 Å². The molecule has 0 aliphatic heterocycles. The molecule has 1 aromatic carbocycles. The van der Waals surface area contributed by atoms with Gasteiger partial charge in [0.25, 0.3) is 0 Å². The van der Waals surface area contributed by atoms with Gasteiger partial charge in [-0.3, -0.25) is 0 Å². The molecule has 0 N–H and O–H groups in total. The van der Waals surface area contributed by atoms with Crippen molar-refractivity contribution in [1.82, 2.24) is 4.90 Å². The monoisotopic (exact) mass is 267 g/mol. The Morgan fingerprint density at radius 3 is 2.42 bits per heavy atom. The lowest BCUT2D eigenvalue weighted by molar-refractivity contribution is 0.0819. The molecule has 106 valence electrons. The number of benzene rings is 1. The predicted octanol–water partition coefficient (Wildman–Crippen LogP) is 4.02. The van der Waals surface area contributed by atoms with E-state index in [1.54, 1.807) is 12.1 Å². The van der Waals surface area contributed by atoms with Gasteiger partial charge in [-0.1, -0.05) is 19.1 Å². The Balaban J connectivity index is 2.24. The van der Waals surface area contributed by atoms with Crippen LogP contribution < -0.4 is 0 Å². The summed E-state index contributed by atoms with van der Waals surface area (Å²) in [5.74, 6) is -0.677. The second-order valence-corrected chi connectivity index (χ2v) is 6.19. The molecule has 2 rings (SSSR count). The molecule has 0 radical (unpaired) electrons. The average Bonchev–Trinajstić information content (AvgIpc) is 2.37. The zero-order valence-corrected chi connectivity index (χ0v) is 12.0. The summed E-state index contributed by atoms with van der Waals surface area (Å²) in [5.41, 5.74) is 0.476. The van der Waals surface area contributed by atoms with Gasteiger partial charge in [0.1, 0.15) is 0 Å². The Hall–Kier alpha value is -0.960. The van der Waals surface area contributed by atoms with Gasteiger partial charge in [0, 0.05) is 5.54 Å². The highest BCUT2D eigenvalue weighted by Gasteiger charge is 2.37. The van der Waals surface area contributed by atoms with Crippen LogP contribution in [-0.4, -0.2) is 24.5 Å². The fourth-order valence-electron chi connectivity index (χ4n) is 3.12. The van der Waals surface area contributed by atoms with Gasteiger partial charge < -0.3 is 4.90 Å². The zero-order valence-electron chi connectivity index (χ0n) is 12.0. The third-order valence-electron chi connectivity index (χ3n) is 4.70. The van der Waals surface area contributed by atoms with Gasteiger partial charge in [0.05, 0.1) is 0 Å². The first-order valence-electron chi connectivity index (χ1n) is 7.05. The Labute approximate surface area is 114 Å². The molecule has 1 nitrogen and oxygen atoms in total. The number of hydrogen-bond donors (Lipinski definition) is 0. The van der Waals surface area contributed by atoms with E-state index in [0.29, 0.717) is 12.0 Å². The van der Waals surface area contributed by atoms with Crippen molar-refractivity contribution in [3.05, 3.63) is 35.4 Å². The lowest BCUT2D eigenvalue weighted by atomic mass is 9.73. The molecule has 1 fully saturated rings. The largest absolute Gasteiger partial charge is 0.303 e. The van der Waals surface area contributed by atoms with Gasteiger partial charge in [-0.25, -0.2) is 8.78 Å². The Kier molecular flexibility index (Phi) is 4.24. The minimum absolute atomic E-state index is 0.0266. The minimum atomic E-state index is -0.740. The van der Waals surface area contributed by atoms with Crippen molar-refractivity contribution >= 4 is 0 Å². The summed E-state index contributed by atoms with van der Waals surface area (Å²) in [5, 5.41) is 0. The summed E-state index contributed by atoms with van der Waals surface area (Å²) in [4.78, 5) is 2.20. The predicted molar refractivity (Wildman–Crippen MR) is 74.1 cm³/mol. The van der Waals surface area contributed by atoms with Crippen LogP contribution in [0.15, 0.2) is 18.2 Å². The van der Waals surface area contributed by atoms with Crippen molar-refractivity contribution in [3.8, 4) is 0 Å². The molecule has 1 aliphatic carbocycles. The molecule has 0 bridgehead atoms. The molecule has 0 heterocycles. The van der Waals surface area contributed by atoms with Crippen LogP contribution in [0.25, 0.3) is 0 Å². The highest BCUT2D eigenvalue weighted by Crippen LogP contribution is 2.38. The van der Waals surface area contributed by atoms with Crippen LogP contribution >= 0.6 is 0 Å². The summed E-state index contributed by atoms with van der Waals surface area (Å²) < 4.78 is 27.2. The van der Waals surface area contributed by atoms with E-state index >= 15 is 0 Å². The Morgan fingerprint density at radius 2 is 1.84 bits per heavy atom. The van der Waals surface area contributed by atoms with Crippen molar-refractivity contribution < 1.29 is 8.78 Å². The normalized spacial score (nSPS) is 27.8. The number of rotatable bonds is 3. The van der Waals surface area contributed by atoms with Crippen molar-refractivity contribution in [3.63, 3.8) is 0 Å². The molecular weight excluding hydrogens is 244 g/mol. The summed E-state index contributed by atoms with van der Waals surface area (Å²) in [7, 11) is 4.10. The molecule has 0 aromatic heterocycles. The van der Waals surface area contributed by atoms with E-state index in [1.165, 1.54) is 6.07 Å². The summed E-state index contributed by atoms with van der Waals surface area (Å²) in [6.07, 6.45) is 5.02. The first kappa shape index (κ1) is 14.4.